The van der Waals surface area contributed by atoms with Crippen molar-refractivity contribution in [2.24, 2.45) is 5.10 Å². The molecule has 1 N–H and O–H groups in total. The number of aromatic nitrogens is 1. The SMILES string of the molecule is Cc1ccc(C)c(CC(=O)N/N=C\c2cn(Cc3ccc(F)cc3)c3ccccc23)c1. The van der Waals surface area contributed by atoms with Gasteiger partial charge in [-0.25, -0.2) is 9.82 Å². The lowest BCUT2D eigenvalue weighted by molar-refractivity contribution is -0.120. The van der Waals surface area contributed by atoms with Gasteiger partial charge in [-0.15, -0.1) is 0 Å². The quantitative estimate of drug-likeness (QED) is 0.345. The van der Waals surface area contributed by atoms with Crippen LogP contribution in [0.25, 0.3) is 10.9 Å². The minimum Gasteiger partial charge on any atom is -0.342 e. The summed E-state index contributed by atoms with van der Waals surface area (Å²) in [4.78, 5) is 12.3. The number of benzene rings is 3. The number of carbonyl (C=O) groups excluding carboxylic acids is 1. The Kier molecular flexibility index (Phi) is 5.94. The van der Waals surface area contributed by atoms with Crippen LogP contribution >= 0.6 is 0 Å². The van der Waals surface area contributed by atoms with Gasteiger partial charge >= 0.3 is 0 Å². The van der Waals surface area contributed by atoms with Gasteiger partial charge in [0, 0.05) is 29.2 Å². The minimum atomic E-state index is -0.245. The molecule has 4 nitrogen and oxygen atoms in total. The summed E-state index contributed by atoms with van der Waals surface area (Å²) in [6.45, 7) is 4.63. The molecule has 0 aliphatic rings. The molecule has 0 aliphatic heterocycles. The van der Waals surface area contributed by atoms with Crippen LogP contribution in [0.5, 0.6) is 0 Å². The molecule has 1 heterocycles. The lowest BCUT2D eigenvalue weighted by atomic mass is 10.0. The first kappa shape index (κ1) is 20.5. The summed E-state index contributed by atoms with van der Waals surface area (Å²) in [5, 5.41) is 5.22. The molecule has 1 aromatic heterocycles. The molecule has 156 valence electrons. The van der Waals surface area contributed by atoms with Gasteiger partial charge in [-0.05, 0) is 48.7 Å². The van der Waals surface area contributed by atoms with Crippen LogP contribution in [0.2, 0.25) is 0 Å². The number of amides is 1. The van der Waals surface area contributed by atoms with E-state index in [1.807, 2.05) is 62.5 Å². The van der Waals surface area contributed by atoms with E-state index in [9.17, 15) is 9.18 Å². The summed E-state index contributed by atoms with van der Waals surface area (Å²) in [6, 6.07) is 20.6. The molecule has 4 aromatic rings. The molecular weight excluding hydrogens is 389 g/mol. The molecule has 0 saturated heterocycles. The van der Waals surface area contributed by atoms with Gasteiger partial charge in [-0.3, -0.25) is 4.79 Å². The van der Waals surface area contributed by atoms with Crippen molar-refractivity contribution >= 4 is 23.0 Å². The molecule has 1 amide bonds. The van der Waals surface area contributed by atoms with E-state index >= 15 is 0 Å². The smallest absolute Gasteiger partial charge is 0.244 e. The third-order valence-corrected chi connectivity index (χ3v) is 5.33. The van der Waals surface area contributed by atoms with Crippen molar-refractivity contribution in [2.75, 3.05) is 0 Å². The fourth-order valence-electron chi connectivity index (χ4n) is 3.67. The Bertz CT molecular complexity index is 1260. The van der Waals surface area contributed by atoms with Crippen molar-refractivity contribution in [1.82, 2.24) is 9.99 Å². The van der Waals surface area contributed by atoms with Gasteiger partial charge in [0.05, 0.1) is 12.6 Å². The second kappa shape index (κ2) is 8.96. The second-order valence-electron chi connectivity index (χ2n) is 7.76. The van der Waals surface area contributed by atoms with E-state index in [2.05, 4.69) is 15.1 Å². The van der Waals surface area contributed by atoms with Crippen LogP contribution in [-0.2, 0) is 17.8 Å². The van der Waals surface area contributed by atoms with Crippen LogP contribution < -0.4 is 5.43 Å². The molecular formula is C26H24FN3O. The fraction of sp³-hybridized carbons (Fsp3) is 0.154. The number of hydrazone groups is 1. The van der Waals surface area contributed by atoms with Crippen molar-refractivity contribution in [3.8, 4) is 0 Å². The zero-order valence-corrected chi connectivity index (χ0v) is 17.6. The van der Waals surface area contributed by atoms with E-state index in [1.54, 1.807) is 18.3 Å². The van der Waals surface area contributed by atoms with Crippen LogP contribution in [0, 0.1) is 19.7 Å². The molecule has 0 aliphatic carbocycles. The van der Waals surface area contributed by atoms with Crippen LogP contribution in [0.3, 0.4) is 0 Å². The largest absolute Gasteiger partial charge is 0.342 e. The van der Waals surface area contributed by atoms with Crippen LogP contribution in [0.4, 0.5) is 4.39 Å². The molecule has 0 radical (unpaired) electrons. The van der Waals surface area contributed by atoms with Gasteiger partial charge in [0.2, 0.25) is 5.91 Å². The highest BCUT2D eigenvalue weighted by Gasteiger charge is 2.08. The Labute approximate surface area is 181 Å². The Morgan fingerprint density at radius 1 is 1.06 bits per heavy atom. The summed E-state index contributed by atoms with van der Waals surface area (Å²) >= 11 is 0. The first-order chi connectivity index (χ1) is 15.0. The maximum Gasteiger partial charge on any atom is 0.244 e. The number of nitrogens with one attached hydrogen (secondary N) is 1. The second-order valence-corrected chi connectivity index (χ2v) is 7.76. The predicted octanol–water partition coefficient (Wildman–Crippen LogP) is 5.14. The van der Waals surface area contributed by atoms with Gasteiger partial charge in [-0.1, -0.05) is 54.1 Å². The zero-order valence-electron chi connectivity index (χ0n) is 17.6. The molecule has 0 spiro atoms. The third-order valence-electron chi connectivity index (χ3n) is 5.33. The van der Waals surface area contributed by atoms with E-state index in [-0.39, 0.29) is 18.1 Å². The van der Waals surface area contributed by atoms with E-state index in [1.165, 1.54) is 12.1 Å². The van der Waals surface area contributed by atoms with Crippen LogP contribution in [0.1, 0.15) is 27.8 Å². The number of fused-ring (bicyclic) bond motifs is 1. The van der Waals surface area contributed by atoms with Crippen molar-refractivity contribution < 1.29 is 9.18 Å². The number of hydrogen-bond donors (Lipinski definition) is 1. The average molecular weight is 413 g/mol. The van der Waals surface area contributed by atoms with Crippen molar-refractivity contribution in [1.29, 1.82) is 0 Å². The number of nitrogens with zero attached hydrogens (tertiary/aromatic N) is 2. The minimum absolute atomic E-state index is 0.153. The van der Waals surface area contributed by atoms with Gasteiger partial charge in [0.1, 0.15) is 5.82 Å². The maximum atomic E-state index is 13.2. The van der Waals surface area contributed by atoms with Gasteiger partial charge in [0.25, 0.3) is 0 Å². The maximum absolute atomic E-state index is 13.2. The molecule has 0 atom stereocenters. The predicted molar refractivity (Wildman–Crippen MR) is 123 cm³/mol. The summed E-state index contributed by atoms with van der Waals surface area (Å²) in [7, 11) is 0. The first-order valence-electron chi connectivity index (χ1n) is 10.2. The van der Waals surface area contributed by atoms with Crippen molar-refractivity contribution in [3.63, 3.8) is 0 Å². The van der Waals surface area contributed by atoms with Crippen molar-refractivity contribution in [3.05, 3.63) is 107 Å². The Morgan fingerprint density at radius 2 is 1.84 bits per heavy atom. The van der Waals surface area contributed by atoms with Crippen LogP contribution in [-0.4, -0.2) is 16.7 Å². The number of hydrogen-bond acceptors (Lipinski definition) is 2. The van der Waals surface area contributed by atoms with E-state index in [0.717, 1.165) is 38.7 Å². The highest BCUT2D eigenvalue weighted by Crippen LogP contribution is 2.21. The summed E-state index contributed by atoms with van der Waals surface area (Å²) in [6.07, 6.45) is 3.95. The molecule has 3 aromatic carbocycles. The Morgan fingerprint density at radius 3 is 2.65 bits per heavy atom. The molecule has 0 saturated carbocycles. The summed E-state index contributed by atoms with van der Waals surface area (Å²) < 4.78 is 15.3. The lowest BCUT2D eigenvalue weighted by Crippen LogP contribution is -2.20. The number of aryl methyl sites for hydroxylation is 2. The molecule has 4 rings (SSSR count). The topological polar surface area (TPSA) is 46.4 Å². The van der Waals surface area contributed by atoms with Gasteiger partial charge in [0.15, 0.2) is 0 Å². The highest BCUT2D eigenvalue weighted by atomic mass is 19.1. The molecule has 0 unspecified atom stereocenters. The van der Waals surface area contributed by atoms with E-state index < -0.39 is 0 Å². The zero-order chi connectivity index (χ0) is 21.8. The standard InChI is InChI=1S/C26H24FN3O/c1-18-7-8-19(2)21(13-18)14-26(31)29-28-15-22-17-30(25-6-4-3-5-24(22)25)16-20-9-11-23(27)12-10-20/h3-13,15,17H,14,16H2,1-2H3,(H,29,31)/b28-15-. The Hall–Kier alpha value is -3.73. The number of halogens is 1. The fourth-order valence-corrected chi connectivity index (χ4v) is 3.67. The summed E-state index contributed by atoms with van der Waals surface area (Å²) in [5.41, 5.74) is 8.83. The van der Waals surface area contributed by atoms with E-state index in [4.69, 9.17) is 0 Å². The lowest BCUT2D eigenvalue weighted by Gasteiger charge is -2.05. The average Bonchev–Trinajstić information content (AvgIpc) is 3.10. The first-order valence-corrected chi connectivity index (χ1v) is 10.2. The number of carbonyl (C=O) groups is 1. The Balaban J connectivity index is 1.50. The van der Waals surface area contributed by atoms with Gasteiger partial charge in [-0.2, -0.15) is 5.10 Å². The molecule has 5 heteroatoms. The number of para-hydroxylation sites is 1. The monoisotopic (exact) mass is 413 g/mol. The molecule has 0 fully saturated rings. The molecule has 31 heavy (non-hydrogen) atoms. The normalized spacial score (nSPS) is 11.3. The van der Waals surface area contributed by atoms with Gasteiger partial charge < -0.3 is 4.57 Å². The summed E-state index contributed by atoms with van der Waals surface area (Å²) in [5.74, 6) is -0.398. The third kappa shape index (κ3) is 4.89. The highest BCUT2D eigenvalue weighted by molar-refractivity contribution is 5.99. The van der Waals surface area contributed by atoms with Crippen LogP contribution in [0.15, 0.2) is 78.0 Å². The van der Waals surface area contributed by atoms with E-state index in [0.29, 0.717) is 6.54 Å². The molecule has 0 bridgehead atoms. The van der Waals surface area contributed by atoms with Crippen molar-refractivity contribution in [2.45, 2.75) is 26.8 Å². The number of rotatable bonds is 6.